The summed E-state index contributed by atoms with van der Waals surface area (Å²) in [5, 5.41) is 5.70. The Morgan fingerprint density at radius 1 is 1.22 bits per heavy atom. The lowest BCUT2D eigenvalue weighted by atomic mass is 9.89. The van der Waals surface area contributed by atoms with Crippen molar-refractivity contribution in [2.75, 3.05) is 13.7 Å². The van der Waals surface area contributed by atoms with E-state index >= 15 is 0 Å². The first-order valence-corrected chi connectivity index (χ1v) is 7.85. The molecular formula is C17H15F6N3O. The van der Waals surface area contributed by atoms with Gasteiger partial charge in [0.1, 0.15) is 5.84 Å². The van der Waals surface area contributed by atoms with Gasteiger partial charge in [-0.15, -0.1) is 0 Å². The van der Waals surface area contributed by atoms with Crippen LogP contribution in [0.3, 0.4) is 0 Å². The molecular weight excluding hydrogens is 376 g/mol. The van der Waals surface area contributed by atoms with Gasteiger partial charge in [-0.2, -0.15) is 27.1 Å². The van der Waals surface area contributed by atoms with E-state index in [0.29, 0.717) is 17.8 Å². The fourth-order valence-electron chi connectivity index (χ4n) is 2.93. The van der Waals surface area contributed by atoms with E-state index in [1.165, 1.54) is 12.1 Å². The summed E-state index contributed by atoms with van der Waals surface area (Å²) in [7, 11) is 1.69. The van der Waals surface area contributed by atoms with Gasteiger partial charge in [0.05, 0.1) is 6.04 Å². The van der Waals surface area contributed by atoms with E-state index in [4.69, 9.17) is 5.73 Å². The summed E-state index contributed by atoms with van der Waals surface area (Å²) in [5.74, 6) is -6.46. The summed E-state index contributed by atoms with van der Waals surface area (Å²) in [6.45, 7) is -2.02. The van der Waals surface area contributed by atoms with Crippen molar-refractivity contribution < 1.29 is 31.1 Å². The van der Waals surface area contributed by atoms with Crippen molar-refractivity contribution in [3.8, 4) is 5.75 Å². The Bertz CT molecular complexity index is 844. The highest BCUT2D eigenvalue weighted by Gasteiger charge is 2.58. The summed E-state index contributed by atoms with van der Waals surface area (Å²) in [4.78, 5) is 0. The van der Waals surface area contributed by atoms with Gasteiger partial charge in [-0.25, -0.2) is 4.39 Å². The first kappa shape index (κ1) is 19.1. The number of fused-ring (bicyclic) bond motifs is 1. The Labute approximate surface area is 150 Å². The van der Waals surface area contributed by atoms with Gasteiger partial charge in [0, 0.05) is 18.2 Å². The minimum atomic E-state index is -5.79. The van der Waals surface area contributed by atoms with Gasteiger partial charge < -0.3 is 10.5 Å². The number of amidine groups is 1. The Kier molecular flexibility index (Phi) is 4.61. The molecule has 0 amide bonds. The molecule has 146 valence electrons. The molecule has 2 N–H and O–H groups in total. The Hall–Kier alpha value is -2.65. The molecule has 2 aliphatic rings. The van der Waals surface area contributed by atoms with E-state index in [1.54, 1.807) is 24.2 Å². The molecule has 10 heteroatoms. The quantitative estimate of drug-likeness (QED) is 0.797. The number of likely N-dealkylation sites (N-methyl/N-ethyl adjacent to an activating group) is 1. The maximum absolute atomic E-state index is 14.1. The van der Waals surface area contributed by atoms with Crippen LogP contribution in [0.25, 0.3) is 5.57 Å². The van der Waals surface area contributed by atoms with E-state index in [0.717, 1.165) is 11.6 Å². The molecule has 0 radical (unpaired) electrons. The lowest BCUT2D eigenvalue weighted by Crippen LogP contribution is -2.42. The van der Waals surface area contributed by atoms with Gasteiger partial charge in [-0.1, -0.05) is 24.3 Å². The van der Waals surface area contributed by atoms with Gasteiger partial charge in [-0.05, 0) is 18.1 Å². The minimum Gasteiger partial charge on any atom is -0.483 e. The number of alkyl halides is 5. The van der Waals surface area contributed by atoms with Crippen LogP contribution in [-0.2, 0) is 0 Å². The molecule has 0 saturated carbocycles. The highest BCUT2D eigenvalue weighted by Crippen LogP contribution is 2.40. The van der Waals surface area contributed by atoms with Crippen LogP contribution in [0.15, 0.2) is 41.0 Å². The zero-order valence-corrected chi connectivity index (χ0v) is 14.0. The standard InChI is InChI=1S/C17H15F6N3O/c1-26-13-7-9(5-6-11(13)15(24)25-26)10-3-2-4-12(18)14(10)27-8-16(19,20)17(21,22)23/h2-6,13H,7-8H2,1H3,(H2,24,25). The molecule has 0 fully saturated rings. The number of nitrogens with zero attached hydrogens (tertiary/aromatic N) is 2. The lowest BCUT2D eigenvalue weighted by Gasteiger charge is -2.26. The van der Waals surface area contributed by atoms with Crippen LogP contribution in [0.1, 0.15) is 12.0 Å². The van der Waals surface area contributed by atoms with E-state index in [-0.39, 0.29) is 11.6 Å². The Morgan fingerprint density at radius 3 is 2.59 bits per heavy atom. The summed E-state index contributed by atoms with van der Waals surface area (Å²) >= 11 is 0. The van der Waals surface area contributed by atoms with E-state index in [2.05, 4.69) is 9.84 Å². The van der Waals surface area contributed by atoms with Crippen molar-refractivity contribution in [3.63, 3.8) is 0 Å². The first-order valence-electron chi connectivity index (χ1n) is 7.85. The van der Waals surface area contributed by atoms with Gasteiger partial charge in [0.25, 0.3) is 0 Å². The second-order valence-electron chi connectivity index (χ2n) is 6.20. The van der Waals surface area contributed by atoms with E-state index in [9.17, 15) is 26.3 Å². The molecule has 1 aromatic carbocycles. The maximum atomic E-state index is 14.1. The maximum Gasteiger partial charge on any atom is 0.456 e. The van der Waals surface area contributed by atoms with Crippen LogP contribution >= 0.6 is 0 Å². The highest BCUT2D eigenvalue weighted by molar-refractivity contribution is 6.01. The summed E-state index contributed by atoms with van der Waals surface area (Å²) in [6.07, 6.45) is -2.23. The van der Waals surface area contributed by atoms with Crippen LogP contribution < -0.4 is 10.5 Å². The van der Waals surface area contributed by atoms with Gasteiger partial charge >= 0.3 is 12.1 Å². The number of rotatable bonds is 4. The number of hydrazone groups is 1. The predicted octanol–water partition coefficient (Wildman–Crippen LogP) is 3.70. The second kappa shape index (κ2) is 6.50. The number of ether oxygens (including phenoxy) is 1. The first-order chi connectivity index (χ1) is 12.5. The molecule has 0 saturated heterocycles. The van der Waals surface area contributed by atoms with Crippen LogP contribution in [0.2, 0.25) is 0 Å². The summed E-state index contributed by atoms with van der Waals surface area (Å²) in [6, 6.07) is 3.41. The molecule has 4 nitrogen and oxygen atoms in total. The van der Waals surface area contributed by atoms with E-state index < -0.39 is 30.3 Å². The third-order valence-corrected chi connectivity index (χ3v) is 4.37. The molecule has 1 aliphatic carbocycles. The summed E-state index contributed by atoms with van der Waals surface area (Å²) in [5.41, 5.74) is 7.15. The van der Waals surface area contributed by atoms with E-state index in [1.807, 2.05) is 0 Å². The number of para-hydroxylation sites is 1. The molecule has 0 bridgehead atoms. The normalized spacial score (nSPS) is 20.0. The van der Waals surface area contributed by atoms with Crippen LogP contribution in [-0.4, -0.2) is 42.6 Å². The predicted molar refractivity (Wildman–Crippen MR) is 86.7 cm³/mol. The molecule has 0 aromatic heterocycles. The fraction of sp³-hybridized carbons (Fsp3) is 0.353. The third-order valence-electron chi connectivity index (χ3n) is 4.37. The van der Waals surface area contributed by atoms with Crippen molar-refractivity contribution in [1.82, 2.24) is 5.01 Å². The molecule has 1 aliphatic heterocycles. The average molecular weight is 391 g/mol. The van der Waals surface area contributed by atoms with Crippen molar-refractivity contribution in [3.05, 3.63) is 47.3 Å². The second-order valence-corrected chi connectivity index (χ2v) is 6.20. The molecule has 3 rings (SSSR count). The van der Waals surface area contributed by atoms with Gasteiger partial charge in [-0.3, -0.25) is 5.01 Å². The number of benzene rings is 1. The number of hydrogen-bond donors (Lipinski definition) is 1. The molecule has 1 aromatic rings. The van der Waals surface area contributed by atoms with Crippen molar-refractivity contribution in [2.24, 2.45) is 10.8 Å². The van der Waals surface area contributed by atoms with Crippen LogP contribution in [0.4, 0.5) is 26.3 Å². The highest BCUT2D eigenvalue weighted by atomic mass is 19.4. The third kappa shape index (κ3) is 3.47. The molecule has 1 atom stereocenters. The largest absolute Gasteiger partial charge is 0.483 e. The molecule has 1 unspecified atom stereocenters. The molecule has 0 spiro atoms. The van der Waals surface area contributed by atoms with Gasteiger partial charge in [0.15, 0.2) is 18.2 Å². The molecule has 1 heterocycles. The fourth-order valence-corrected chi connectivity index (χ4v) is 2.93. The number of halogens is 6. The Balaban J connectivity index is 1.90. The number of allylic oxidation sites excluding steroid dienone is 2. The zero-order chi connectivity index (χ0) is 20.0. The van der Waals surface area contributed by atoms with Crippen LogP contribution in [0.5, 0.6) is 5.75 Å². The van der Waals surface area contributed by atoms with Crippen molar-refractivity contribution >= 4 is 11.4 Å². The molecule has 27 heavy (non-hydrogen) atoms. The van der Waals surface area contributed by atoms with Gasteiger partial charge in [0.2, 0.25) is 0 Å². The minimum absolute atomic E-state index is 0.0992. The topological polar surface area (TPSA) is 50.8 Å². The Morgan fingerprint density at radius 2 is 1.93 bits per heavy atom. The zero-order valence-electron chi connectivity index (χ0n) is 14.0. The van der Waals surface area contributed by atoms with Crippen molar-refractivity contribution in [2.45, 2.75) is 24.6 Å². The SMILES string of the molecule is CN1N=C(N)C2=CC=C(c3cccc(F)c3OCC(F)(F)C(F)(F)F)CC21. The number of nitrogens with two attached hydrogens (primary N) is 1. The summed E-state index contributed by atoms with van der Waals surface area (Å²) < 4.78 is 82.1. The lowest BCUT2D eigenvalue weighted by molar-refractivity contribution is -0.290. The monoisotopic (exact) mass is 391 g/mol. The van der Waals surface area contributed by atoms with Crippen LogP contribution in [0, 0.1) is 5.82 Å². The smallest absolute Gasteiger partial charge is 0.456 e. The number of hydrogen-bond acceptors (Lipinski definition) is 4. The average Bonchev–Trinajstić information content (AvgIpc) is 2.86. The van der Waals surface area contributed by atoms with Crippen molar-refractivity contribution in [1.29, 1.82) is 0 Å².